The lowest BCUT2D eigenvalue weighted by molar-refractivity contribution is -0.123. The summed E-state index contributed by atoms with van der Waals surface area (Å²) in [4.78, 5) is 14.8. The van der Waals surface area contributed by atoms with Crippen LogP contribution in [0, 0.1) is 0 Å². The van der Waals surface area contributed by atoms with Crippen molar-refractivity contribution in [2.45, 2.75) is 0 Å². The SMILES string of the molecule is CN1C=CN(c2ccccc2)C=C(N)C1=O. The zero-order valence-electron chi connectivity index (χ0n) is 9.00. The van der Waals surface area contributed by atoms with Gasteiger partial charge >= 0.3 is 0 Å². The van der Waals surface area contributed by atoms with Gasteiger partial charge in [0.05, 0.1) is 0 Å². The summed E-state index contributed by atoms with van der Waals surface area (Å²) in [7, 11) is 1.67. The highest BCUT2D eigenvalue weighted by atomic mass is 16.2. The van der Waals surface area contributed by atoms with Gasteiger partial charge < -0.3 is 15.5 Å². The Labute approximate surface area is 94.3 Å². The molecule has 2 N–H and O–H groups in total. The van der Waals surface area contributed by atoms with Crippen LogP contribution in [0.1, 0.15) is 0 Å². The third kappa shape index (κ3) is 1.91. The van der Waals surface area contributed by atoms with Gasteiger partial charge in [-0.2, -0.15) is 0 Å². The molecule has 82 valence electrons. The van der Waals surface area contributed by atoms with Crippen LogP contribution in [0.2, 0.25) is 0 Å². The van der Waals surface area contributed by atoms with E-state index in [0.717, 1.165) is 5.69 Å². The first kappa shape index (κ1) is 10.3. The Morgan fingerprint density at radius 2 is 1.81 bits per heavy atom. The molecule has 2 rings (SSSR count). The van der Waals surface area contributed by atoms with Crippen molar-refractivity contribution in [1.29, 1.82) is 0 Å². The molecule has 0 radical (unpaired) electrons. The fourth-order valence-corrected chi connectivity index (χ4v) is 1.45. The number of rotatable bonds is 1. The molecule has 0 saturated carbocycles. The van der Waals surface area contributed by atoms with Gasteiger partial charge in [0.25, 0.3) is 5.91 Å². The molecular weight excluding hydrogens is 202 g/mol. The second-order valence-electron chi connectivity index (χ2n) is 3.54. The van der Waals surface area contributed by atoms with Gasteiger partial charge in [-0.15, -0.1) is 0 Å². The molecule has 1 aromatic carbocycles. The van der Waals surface area contributed by atoms with Crippen molar-refractivity contribution in [3.63, 3.8) is 0 Å². The Balaban J connectivity index is 2.37. The quantitative estimate of drug-likeness (QED) is 0.766. The number of hydrogen-bond donors (Lipinski definition) is 1. The zero-order valence-corrected chi connectivity index (χ0v) is 9.00. The number of carbonyl (C=O) groups is 1. The minimum absolute atomic E-state index is 0.199. The molecule has 0 atom stereocenters. The number of nitrogens with two attached hydrogens (primary N) is 1. The van der Waals surface area contributed by atoms with Gasteiger partial charge in [0.15, 0.2) is 0 Å². The van der Waals surface area contributed by atoms with Gasteiger partial charge in [-0.1, -0.05) is 18.2 Å². The van der Waals surface area contributed by atoms with Crippen molar-refractivity contribution >= 4 is 11.6 Å². The number of hydrogen-bond acceptors (Lipinski definition) is 3. The second kappa shape index (κ2) is 4.10. The van der Waals surface area contributed by atoms with Crippen molar-refractivity contribution in [2.24, 2.45) is 5.73 Å². The summed E-state index contributed by atoms with van der Waals surface area (Å²) in [6, 6.07) is 9.70. The summed E-state index contributed by atoms with van der Waals surface area (Å²) in [5.41, 5.74) is 6.87. The van der Waals surface area contributed by atoms with Crippen LogP contribution in [0.3, 0.4) is 0 Å². The predicted octanol–water partition coefficient (Wildman–Crippen LogP) is 1.24. The first-order valence-corrected chi connectivity index (χ1v) is 4.94. The van der Waals surface area contributed by atoms with Crippen molar-refractivity contribution in [3.8, 4) is 0 Å². The van der Waals surface area contributed by atoms with Crippen LogP contribution >= 0.6 is 0 Å². The molecule has 1 aliphatic heterocycles. The molecule has 1 amide bonds. The van der Waals surface area contributed by atoms with Crippen molar-refractivity contribution in [3.05, 3.63) is 54.6 Å². The third-order valence-corrected chi connectivity index (χ3v) is 2.35. The lowest BCUT2D eigenvalue weighted by Gasteiger charge is -2.14. The first-order valence-electron chi connectivity index (χ1n) is 4.94. The molecule has 0 spiro atoms. The molecule has 1 aliphatic rings. The van der Waals surface area contributed by atoms with Gasteiger partial charge in [-0.3, -0.25) is 4.79 Å². The van der Waals surface area contributed by atoms with E-state index in [4.69, 9.17) is 5.73 Å². The van der Waals surface area contributed by atoms with E-state index in [9.17, 15) is 4.79 Å². The molecule has 0 saturated heterocycles. The number of amides is 1. The molecule has 16 heavy (non-hydrogen) atoms. The van der Waals surface area contributed by atoms with Crippen LogP contribution in [0.5, 0.6) is 0 Å². The van der Waals surface area contributed by atoms with E-state index in [-0.39, 0.29) is 11.6 Å². The van der Waals surface area contributed by atoms with Gasteiger partial charge in [0.1, 0.15) is 5.70 Å². The average Bonchev–Trinajstić information content (AvgIpc) is 2.44. The summed E-state index contributed by atoms with van der Waals surface area (Å²) in [5, 5.41) is 0. The predicted molar refractivity (Wildman–Crippen MR) is 63.1 cm³/mol. The Kier molecular flexibility index (Phi) is 2.64. The molecule has 4 heteroatoms. The molecular formula is C12H13N3O. The number of anilines is 1. The standard InChI is InChI=1S/C12H13N3O/c1-14-7-8-15(9-11(13)12(14)16)10-5-3-2-4-6-10/h2-9H,13H2,1H3. The van der Waals surface area contributed by atoms with E-state index >= 15 is 0 Å². The summed E-state index contributed by atoms with van der Waals surface area (Å²) in [5.74, 6) is -0.199. The Bertz CT molecular complexity index is 451. The monoisotopic (exact) mass is 215 g/mol. The zero-order chi connectivity index (χ0) is 11.5. The molecule has 1 heterocycles. The largest absolute Gasteiger partial charge is 0.393 e. The minimum atomic E-state index is -0.199. The summed E-state index contributed by atoms with van der Waals surface area (Å²) >= 11 is 0. The number of benzene rings is 1. The van der Waals surface area contributed by atoms with Crippen LogP contribution in [0.25, 0.3) is 0 Å². The van der Waals surface area contributed by atoms with E-state index in [1.54, 1.807) is 25.6 Å². The molecule has 0 unspecified atom stereocenters. The van der Waals surface area contributed by atoms with Crippen molar-refractivity contribution in [2.75, 3.05) is 11.9 Å². The van der Waals surface area contributed by atoms with Crippen LogP contribution in [-0.2, 0) is 4.79 Å². The van der Waals surface area contributed by atoms with Crippen molar-refractivity contribution < 1.29 is 4.79 Å². The highest BCUT2D eigenvalue weighted by molar-refractivity contribution is 5.94. The van der Waals surface area contributed by atoms with Crippen LogP contribution < -0.4 is 10.6 Å². The van der Waals surface area contributed by atoms with Gasteiger partial charge in [-0.25, -0.2) is 0 Å². The number of para-hydroxylation sites is 1. The minimum Gasteiger partial charge on any atom is -0.393 e. The smallest absolute Gasteiger partial charge is 0.274 e. The molecule has 4 nitrogen and oxygen atoms in total. The maximum atomic E-state index is 11.6. The highest BCUT2D eigenvalue weighted by Crippen LogP contribution is 2.17. The molecule has 1 aromatic rings. The summed E-state index contributed by atoms with van der Waals surface area (Å²) in [6.07, 6.45) is 5.11. The van der Waals surface area contributed by atoms with Gasteiger partial charge in [-0.05, 0) is 12.1 Å². The molecule has 0 aromatic heterocycles. The summed E-state index contributed by atoms with van der Waals surface area (Å²) in [6.45, 7) is 0. The van der Waals surface area contributed by atoms with Crippen molar-refractivity contribution in [1.82, 2.24) is 4.90 Å². The Hall–Kier alpha value is -2.23. The fourth-order valence-electron chi connectivity index (χ4n) is 1.45. The molecule has 0 aliphatic carbocycles. The van der Waals surface area contributed by atoms with E-state index in [0.29, 0.717) is 0 Å². The average molecular weight is 215 g/mol. The van der Waals surface area contributed by atoms with E-state index in [1.165, 1.54) is 4.90 Å². The third-order valence-electron chi connectivity index (χ3n) is 2.35. The number of nitrogens with zero attached hydrogens (tertiary/aromatic N) is 2. The highest BCUT2D eigenvalue weighted by Gasteiger charge is 2.14. The summed E-state index contributed by atoms with van der Waals surface area (Å²) < 4.78 is 0. The second-order valence-corrected chi connectivity index (χ2v) is 3.54. The maximum Gasteiger partial charge on any atom is 0.274 e. The number of likely N-dealkylation sites (N-methyl/N-ethyl adjacent to an activating group) is 1. The van der Waals surface area contributed by atoms with Crippen LogP contribution in [0.4, 0.5) is 5.69 Å². The van der Waals surface area contributed by atoms with Crippen LogP contribution in [-0.4, -0.2) is 17.9 Å². The maximum absolute atomic E-state index is 11.6. The lowest BCUT2D eigenvalue weighted by atomic mass is 10.3. The Morgan fingerprint density at radius 1 is 1.12 bits per heavy atom. The van der Waals surface area contributed by atoms with Gasteiger partial charge in [0, 0.05) is 31.3 Å². The van der Waals surface area contributed by atoms with E-state index in [1.807, 2.05) is 35.2 Å². The van der Waals surface area contributed by atoms with Crippen LogP contribution in [0.15, 0.2) is 54.6 Å². The normalized spacial score (nSPS) is 16.1. The van der Waals surface area contributed by atoms with Gasteiger partial charge in [0.2, 0.25) is 0 Å². The fraction of sp³-hybridized carbons (Fsp3) is 0.0833. The molecule has 0 bridgehead atoms. The Morgan fingerprint density at radius 3 is 2.50 bits per heavy atom. The van der Waals surface area contributed by atoms with E-state index in [2.05, 4.69) is 0 Å². The molecule has 0 fully saturated rings. The lowest BCUT2D eigenvalue weighted by Crippen LogP contribution is -2.25. The van der Waals surface area contributed by atoms with E-state index < -0.39 is 0 Å². The first-order chi connectivity index (χ1) is 7.68. The number of carbonyl (C=O) groups excluding carboxylic acids is 1. The topological polar surface area (TPSA) is 49.6 Å².